The number of phenolic OH excluding ortho intramolecular Hbond substituents is 1. The van der Waals surface area contributed by atoms with Gasteiger partial charge in [0.05, 0.1) is 0 Å². The molecule has 0 heterocycles. The van der Waals surface area contributed by atoms with E-state index in [0.717, 1.165) is 5.56 Å². The number of nitrogens with two attached hydrogens (primary N) is 3. The lowest BCUT2D eigenvalue weighted by molar-refractivity contribution is 0.461. The van der Waals surface area contributed by atoms with Gasteiger partial charge < -0.3 is 22.3 Å². The highest BCUT2D eigenvalue weighted by atomic mass is 16.3. The summed E-state index contributed by atoms with van der Waals surface area (Å²) in [6.45, 7) is 0.742. The summed E-state index contributed by atoms with van der Waals surface area (Å²) in [6.07, 6.45) is 0. The molecule has 0 saturated heterocycles. The van der Waals surface area contributed by atoms with Gasteiger partial charge in [0.1, 0.15) is 5.75 Å². The quantitative estimate of drug-likeness (QED) is 0.519. The van der Waals surface area contributed by atoms with Crippen LogP contribution >= 0.6 is 0 Å². The van der Waals surface area contributed by atoms with Gasteiger partial charge in [-0.15, -0.1) is 0 Å². The average molecular weight is 181 g/mol. The molecule has 0 aliphatic rings. The number of rotatable bonds is 3. The first-order valence-corrected chi connectivity index (χ1v) is 4.16. The second kappa shape index (κ2) is 4.23. The minimum absolute atomic E-state index is 0.176. The highest BCUT2D eigenvalue weighted by molar-refractivity contribution is 5.38. The van der Waals surface area contributed by atoms with Gasteiger partial charge >= 0.3 is 0 Å². The number of phenols is 1. The normalized spacial score (nSPS) is 12.8. The monoisotopic (exact) mass is 181 g/mol. The highest BCUT2D eigenvalue weighted by Gasteiger charge is 2.09. The van der Waals surface area contributed by atoms with Crippen LogP contribution in [0.5, 0.6) is 5.75 Å². The van der Waals surface area contributed by atoms with E-state index < -0.39 is 0 Å². The molecule has 0 bridgehead atoms. The van der Waals surface area contributed by atoms with Crippen molar-refractivity contribution in [2.75, 3.05) is 6.54 Å². The zero-order valence-corrected chi connectivity index (χ0v) is 7.40. The topological polar surface area (TPSA) is 98.3 Å². The third-order valence-corrected chi connectivity index (χ3v) is 1.98. The SMILES string of the molecule is NCc1ccc(O)c([C@H](N)CN)c1. The highest BCUT2D eigenvalue weighted by Crippen LogP contribution is 2.23. The van der Waals surface area contributed by atoms with Crippen molar-refractivity contribution in [3.63, 3.8) is 0 Å². The van der Waals surface area contributed by atoms with Crippen molar-refractivity contribution in [3.8, 4) is 5.75 Å². The molecule has 1 atom stereocenters. The van der Waals surface area contributed by atoms with E-state index in [2.05, 4.69) is 0 Å². The second-order valence-corrected chi connectivity index (χ2v) is 2.94. The van der Waals surface area contributed by atoms with Crippen LogP contribution < -0.4 is 17.2 Å². The van der Waals surface area contributed by atoms with Crippen LogP contribution in [0.2, 0.25) is 0 Å². The van der Waals surface area contributed by atoms with Crippen molar-refractivity contribution in [2.24, 2.45) is 17.2 Å². The van der Waals surface area contributed by atoms with Gasteiger partial charge in [0.15, 0.2) is 0 Å². The molecule has 7 N–H and O–H groups in total. The maximum Gasteiger partial charge on any atom is 0.120 e. The lowest BCUT2D eigenvalue weighted by Gasteiger charge is -2.12. The molecule has 0 radical (unpaired) electrons. The zero-order valence-electron chi connectivity index (χ0n) is 7.40. The van der Waals surface area contributed by atoms with Crippen LogP contribution in [0, 0.1) is 0 Å². The van der Waals surface area contributed by atoms with Crippen molar-refractivity contribution in [2.45, 2.75) is 12.6 Å². The van der Waals surface area contributed by atoms with E-state index in [1.807, 2.05) is 0 Å². The molecule has 0 saturated carbocycles. The van der Waals surface area contributed by atoms with Crippen LogP contribution in [-0.4, -0.2) is 11.7 Å². The Hall–Kier alpha value is -1.10. The van der Waals surface area contributed by atoms with Crippen LogP contribution in [0.15, 0.2) is 18.2 Å². The van der Waals surface area contributed by atoms with E-state index in [-0.39, 0.29) is 11.8 Å². The smallest absolute Gasteiger partial charge is 0.120 e. The third-order valence-electron chi connectivity index (χ3n) is 1.98. The molecule has 72 valence electrons. The summed E-state index contributed by atoms with van der Waals surface area (Å²) >= 11 is 0. The molecular formula is C9H15N3O. The van der Waals surface area contributed by atoms with Crippen molar-refractivity contribution in [1.82, 2.24) is 0 Å². The van der Waals surface area contributed by atoms with Gasteiger partial charge in [-0.3, -0.25) is 0 Å². The maximum absolute atomic E-state index is 9.46. The fourth-order valence-electron chi connectivity index (χ4n) is 1.15. The Morgan fingerprint density at radius 2 is 2.00 bits per heavy atom. The van der Waals surface area contributed by atoms with E-state index in [4.69, 9.17) is 17.2 Å². The summed E-state index contributed by atoms with van der Waals surface area (Å²) in [5.41, 5.74) is 18.1. The lowest BCUT2D eigenvalue weighted by Crippen LogP contribution is -2.21. The molecule has 0 unspecified atom stereocenters. The average Bonchev–Trinajstić information content (AvgIpc) is 2.17. The van der Waals surface area contributed by atoms with Gasteiger partial charge in [0.2, 0.25) is 0 Å². The fraction of sp³-hybridized carbons (Fsp3) is 0.333. The summed E-state index contributed by atoms with van der Waals surface area (Å²) in [6, 6.07) is 4.81. The third kappa shape index (κ3) is 2.18. The summed E-state index contributed by atoms with van der Waals surface area (Å²) in [5.74, 6) is 0.176. The van der Waals surface area contributed by atoms with Crippen LogP contribution in [0.25, 0.3) is 0 Å². The maximum atomic E-state index is 9.46. The molecule has 1 aromatic carbocycles. The molecule has 0 fully saturated rings. The lowest BCUT2D eigenvalue weighted by atomic mass is 10.0. The first-order valence-electron chi connectivity index (χ1n) is 4.16. The van der Waals surface area contributed by atoms with Gasteiger partial charge in [-0.05, 0) is 17.7 Å². The van der Waals surface area contributed by atoms with Crippen LogP contribution in [0.1, 0.15) is 17.2 Å². The van der Waals surface area contributed by atoms with Gasteiger partial charge in [0.25, 0.3) is 0 Å². The number of hydrogen-bond donors (Lipinski definition) is 4. The van der Waals surface area contributed by atoms with E-state index in [1.54, 1.807) is 18.2 Å². The standard InChI is InChI=1S/C9H15N3O/c10-4-6-1-2-9(13)7(3-6)8(12)5-11/h1-3,8,13H,4-5,10-12H2/t8-/m1/s1. The van der Waals surface area contributed by atoms with E-state index in [0.29, 0.717) is 18.7 Å². The Morgan fingerprint density at radius 3 is 2.54 bits per heavy atom. The summed E-state index contributed by atoms with van der Waals surface area (Å²) in [4.78, 5) is 0. The molecule has 0 aromatic heterocycles. The fourth-order valence-corrected chi connectivity index (χ4v) is 1.15. The molecule has 0 amide bonds. The Bertz CT molecular complexity index is 288. The summed E-state index contributed by atoms with van der Waals surface area (Å²) in [5, 5.41) is 9.46. The minimum Gasteiger partial charge on any atom is -0.508 e. The van der Waals surface area contributed by atoms with E-state index >= 15 is 0 Å². The number of hydrogen-bond acceptors (Lipinski definition) is 4. The number of benzene rings is 1. The predicted octanol–water partition coefficient (Wildman–Crippen LogP) is -0.191. The number of aromatic hydroxyl groups is 1. The van der Waals surface area contributed by atoms with Crippen LogP contribution in [-0.2, 0) is 6.54 Å². The molecule has 1 rings (SSSR count). The second-order valence-electron chi connectivity index (χ2n) is 2.94. The van der Waals surface area contributed by atoms with Gasteiger partial charge in [-0.1, -0.05) is 6.07 Å². The first-order chi connectivity index (χ1) is 6.19. The Morgan fingerprint density at radius 1 is 1.31 bits per heavy atom. The van der Waals surface area contributed by atoms with Gasteiger partial charge in [-0.25, -0.2) is 0 Å². The van der Waals surface area contributed by atoms with E-state index in [9.17, 15) is 5.11 Å². The van der Waals surface area contributed by atoms with Crippen LogP contribution in [0.3, 0.4) is 0 Å². The van der Waals surface area contributed by atoms with Crippen molar-refractivity contribution in [3.05, 3.63) is 29.3 Å². The molecule has 4 nitrogen and oxygen atoms in total. The Kier molecular flexibility index (Phi) is 3.25. The molecule has 0 spiro atoms. The van der Waals surface area contributed by atoms with Crippen molar-refractivity contribution >= 4 is 0 Å². The molecule has 1 aromatic rings. The molecule has 13 heavy (non-hydrogen) atoms. The van der Waals surface area contributed by atoms with Gasteiger partial charge in [-0.2, -0.15) is 0 Å². The molecule has 0 aliphatic heterocycles. The minimum atomic E-state index is -0.327. The molecule has 0 aliphatic carbocycles. The largest absolute Gasteiger partial charge is 0.508 e. The summed E-state index contributed by atoms with van der Waals surface area (Å²) < 4.78 is 0. The van der Waals surface area contributed by atoms with Crippen molar-refractivity contribution < 1.29 is 5.11 Å². The van der Waals surface area contributed by atoms with Gasteiger partial charge in [0, 0.05) is 24.7 Å². The molecule has 4 heteroatoms. The zero-order chi connectivity index (χ0) is 9.84. The summed E-state index contributed by atoms with van der Waals surface area (Å²) in [7, 11) is 0. The molecular weight excluding hydrogens is 166 g/mol. The Balaban J connectivity index is 3.03. The predicted molar refractivity (Wildman–Crippen MR) is 52.0 cm³/mol. The first kappa shape index (κ1) is 9.98. The van der Waals surface area contributed by atoms with Crippen LogP contribution in [0.4, 0.5) is 0 Å². The van der Waals surface area contributed by atoms with E-state index in [1.165, 1.54) is 0 Å². The Labute approximate surface area is 77.3 Å². The van der Waals surface area contributed by atoms with Crippen molar-refractivity contribution in [1.29, 1.82) is 0 Å².